The molecule has 0 aliphatic heterocycles. The Balaban J connectivity index is 2.12. The van der Waals surface area contributed by atoms with Crippen LogP contribution in [-0.2, 0) is 6.61 Å². The first kappa shape index (κ1) is 13.9. The second kappa shape index (κ2) is 6.57. The molecule has 0 saturated carbocycles. The van der Waals surface area contributed by atoms with Gasteiger partial charge in [0.05, 0.1) is 11.1 Å². The topological polar surface area (TPSA) is 18.5 Å². The molecule has 0 saturated heterocycles. The van der Waals surface area contributed by atoms with Crippen LogP contribution in [0.15, 0.2) is 46.9 Å². The smallest absolute Gasteiger partial charge is 0.161 e. The Hall–Kier alpha value is -1.55. The number of hydrogen-bond donors (Lipinski definition) is 0. The lowest BCUT2D eigenvalue weighted by atomic mass is 10.2. The van der Waals surface area contributed by atoms with Crippen molar-refractivity contribution in [3.8, 4) is 11.5 Å². The van der Waals surface area contributed by atoms with E-state index in [1.807, 2.05) is 37.3 Å². The Morgan fingerprint density at radius 2 is 1.68 bits per heavy atom. The van der Waals surface area contributed by atoms with Crippen molar-refractivity contribution in [2.75, 3.05) is 6.61 Å². The molecule has 0 radical (unpaired) electrons. The minimum absolute atomic E-state index is 0.280. The number of para-hydroxylation sites is 2. The fourth-order valence-corrected chi connectivity index (χ4v) is 2.04. The van der Waals surface area contributed by atoms with Gasteiger partial charge >= 0.3 is 0 Å². The van der Waals surface area contributed by atoms with Gasteiger partial charge in [-0.3, -0.25) is 0 Å². The molecule has 100 valence electrons. The summed E-state index contributed by atoms with van der Waals surface area (Å²) in [7, 11) is 0. The van der Waals surface area contributed by atoms with Crippen LogP contribution >= 0.6 is 15.9 Å². The molecule has 2 nitrogen and oxygen atoms in total. The van der Waals surface area contributed by atoms with E-state index in [0.29, 0.717) is 22.6 Å². The molecule has 0 aliphatic carbocycles. The quantitative estimate of drug-likeness (QED) is 0.802. The van der Waals surface area contributed by atoms with Gasteiger partial charge in [0, 0.05) is 5.56 Å². The van der Waals surface area contributed by atoms with Crippen molar-refractivity contribution in [2.45, 2.75) is 13.5 Å². The molecular weight excluding hydrogens is 311 g/mol. The van der Waals surface area contributed by atoms with Gasteiger partial charge in [-0.2, -0.15) is 0 Å². The van der Waals surface area contributed by atoms with Gasteiger partial charge in [-0.05, 0) is 41.1 Å². The second-order valence-electron chi connectivity index (χ2n) is 3.88. The fraction of sp³-hybridized carbons (Fsp3) is 0.200. The van der Waals surface area contributed by atoms with E-state index in [4.69, 9.17) is 9.47 Å². The zero-order valence-corrected chi connectivity index (χ0v) is 12.1. The molecule has 0 atom stereocenters. The summed E-state index contributed by atoms with van der Waals surface area (Å²) in [6.07, 6.45) is 0. The molecule has 2 rings (SSSR count). The average Bonchev–Trinajstić information content (AvgIpc) is 2.42. The first-order valence-corrected chi connectivity index (χ1v) is 6.79. The third-order valence-corrected chi connectivity index (χ3v) is 3.45. The molecular formula is C15H14BrFO2. The van der Waals surface area contributed by atoms with Gasteiger partial charge in [0.2, 0.25) is 0 Å². The van der Waals surface area contributed by atoms with E-state index < -0.39 is 0 Å². The van der Waals surface area contributed by atoms with Crippen molar-refractivity contribution in [1.82, 2.24) is 0 Å². The minimum atomic E-state index is -0.292. The van der Waals surface area contributed by atoms with Gasteiger partial charge in [-0.25, -0.2) is 4.39 Å². The van der Waals surface area contributed by atoms with E-state index in [2.05, 4.69) is 15.9 Å². The van der Waals surface area contributed by atoms with Crippen LogP contribution in [0.2, 0.25) is 0 Å². The minimum Gasteiger partial charge on any atom is -0.490 e. The van der Waals surface area contributed by atoms with Gasteiger partial charge < -0.3 is 9.47 Å². The summed E-state index contributed by atoms with van der Waals surface area (Å²) in [5, 5.41) is 0. The molecule has 0 spiro atoms. The molecule has 0 aromatic heterocycles. The van der Waals surface area contributed by atoms with E-state index in [1.54, 1.807) is 6.07 Å². The van der Waals surface area contributed by atoms with Crippen LogP contribution < -0.4 is 9.47 Å². The van der Waals surface area contributed by atoms with Crippen LogP contribution in [0.4, 0.5) is 4.39 Å². The van der Waals surface area contributed by atoms with E-state index in [1.165, 1.54) is 6.07 Å². The van der Waals surface area contributed by atoms with Crippen molar-refractivity contribution in [2.24, 2.45) is 0 Å². The molecule has 0 unspecified atom stereocenters. The predicted octanol–water partition coefficient (Wildman–Crippen LogP) is 4.57. The fourth-order valence-electron chi connectivity index (χ4n) is 1.66. The summed E-state index contributed by atoms with van der Waals surface area (Å²) in [6, 6.07) is 12.3. The van der Waals surface area contributed by atoms with Crippen LogP contribution in [0, 0.1) is 5.82 Å². The highest BCUT2D eigenvalue weighted by Crippen LogP contribution is 2.28. The molecule has 2 aromatic rings. The Morgan fingerprint density at radius 1 is 1.00 bits per heavy atom. The van der Waals surface area contributed by atoms with Gasteiger partial charge in [-0.15, -0.1) is 0 Å². The van der Waals surface area contributed by atoms with Crippen LogP contribution in [0.5, 0.6) is 11.5 Å². The zero-order chi connectivity index (χ0) is 13.7. The van der Waals surface area contributed by atoms with Gasteiger partial charge in [0.15, 0.2) is 11.5 Å². The first-order chi connectivity index (χ1) is 9.22. The van der Waals surface area contributed by atoms with Gasteiger partial charge in [0.1, 0.15) is 12.4 Å². The molecule has 0 aliphatic rings. The standard InChI is InChI=1S/C15H14BrFO2/c1-2-18-13-8-3-4-9-14(13)19-10-11-6-5-7-12(17)15(11)16/h3-9H,2,10H2,1H3. The van der Waals surface area contributed by atoms with Crippen LogP contribution in [0.1, 0.15) is 12.5 Å². The maximum atomic E-state index is 13.4. The van der Waals surface area contributed by atoms with E-state index >= 15 is 0 Å². The molecule has 0 amide bonds. The Labute approximate surface area is 120 Å². The third-order valence-electron chi connectivity index (χ3n) is 2.56. The lowest BCUT2D eigenvalue weighted by Crippen LogP contribution is -2.00. The highest BCUT2D eigenvalue weighted by molar-refractivity contribution is 9.10. The summed E-state index contributed by atoms with van der Waals surface area (Å²) >= 11 is 3.22. The number of halogens is 2. The van der Waals surface area contributed by atoms with Crippen molar-refractivity contribution in [3.05, 3.63) is 58.3 Å². The predicted molar refractivity (Wildman–Crippen MR) is 76.0 cm³/mol. The Kier molecular flexibility index (Phi) is 4.80. The number of rotatable bonds is 5. The van der Waals surface area contributed by atoms with Crippen LogP contribution in [-0.4, -0.2) is 6.61 Å². The Morgan fingerprint density at radius 3 is 2.37 bits per heavy atom. The summed E-state index contributed by atoms with van der Waals surface area (Å²) in [5.74, 6) is 1.05. The second-order valence-corrected chi connectivity index (χ2v) is 4.67. The molecule has 0 N–H and O–H groups in total. The summed E-state index contributed by atoms with van der Waals surface area (Å²) in [4.78, 5) is 0. The van der Waals surface area contributed by atoms with E-state index in [-0.39, 0.29) is 12.4 Å². The van der Waals surface area contributed by atoms with Crippen molar-refractivity contribution in [3.63, 3.8) is 0 Å². The molecule has 19 heavy (non-hydrogen) atoms. The molecule has 2 aromatic carbocycles. The van der Waals surface area contributed by atoms with E-state index in [9.17, 15) is 4.39 Å². The summed E-state index contributed by atoms with van der Waals surface area (Å²) in [5.41, 5.74) is 0.756. The van der Waals surface area contributed by atoms with Gasteiger partial charge in [-0.1, -0.05) is 24.3 Å². The molecule has 4 heteroatoms. The van der Waals surface area contributed by atoms with E-state index in [0.717, 1.165) is 5.56 Å². The third kappa shape index (κ3) is 3.47. The largest absolute Gasteiger partial charge is 0.490 e. The monoisotopic (exact) mass is 324 g/mol. The maximum absolute atomic E-state index is 13.4. The Bertz CT molecular complexity index is 558. The zero-order valence-electron chi connectivity index (χ0n) is 10.5. The highest BCUT2D eigenvalue weighted by Gasteiger charge is 2.08. The number of hydrogen-bond acceptors (Lipinski definition) is 2. The van der Waals surface area contributed by atoms with Gasteiger partial charge in [0.25, 0.3) is 0 Å². The van der Waals surface area contributed by atoms with Crippen molar-refractivity contribution < 1.29 is 13.9 Å². The van der Waals surface area contributed by atoms with Crippen molar-refractivity contribution >= 4 is 15.9 Å². The van der Waals surface area contributed by atoms with Crippen molar-refractivity contribution in [1.29, 1.82) is 0 Å². The molecule has 0 bridgehead atoms. The number of benzene rings is 2. The SMILES string of the molecule is CCOc1ccccc1OCc1cccc(F)c1Br. The lowest BCUT2D eigenvalue weighted by molar-refractivity contribution is 0.268. The maximum Gasteiger partial charge on any atom is 0.161 e. The van der Waals surface area contributed by atoms with Crippen LogP contribution in [0.3, 0.4) is 0 Å². The average molecular weight is 325 g/mol. The van der Waals surface area contributed by atoms with Crippen LogP contribution in [0.25, 0.3) is 0 Å². The number of ether oxygens (including phenoxy) is 2. The molecule has 0 fully saturated rings. The lowest BCUT2D eigenvalue weighted by Gasteiger charge is -2.12. The highest BCUT2D eigenvalue weighted by atomic mass is 79.9. The first-order valence-electron chi connectivity index (χ1n) is 6.00. The summed E-state index contributed by atoms with van der Waals surface area (Å²) in [6.45, 7) is 2.77. The summed E-state index contributed by atoms with van der Waals surface area (Å²) < 4.78 is 25.0. The molecule has 0 heterocycles. The normalized spacial score (nSPS) is 10.3.